The lowest BCUT2D eigenvalue weighted by atomic mass is 10.1. The predicted octanol–water partition coefficient (Wildman–Crippen LogP) is 5.28. The molecule has 1 aliphatic heterocycles. The second-order valence-corrected chi connectivity index (χ2v) is 9.69. The minimum Gasteiger partial charge on any atom is -0.337 e. The van der Waals surface area contributed by atoms with Gasteiger partial charge >= 0.3 is 0 Å². The van der Waals surface area contributed by atoms with Gasteiger partial charge in [0.05, 0.1) is 16.6 Å². The summed E-state index contributed by atoms with van der Waals surface area (Å²) < 4.78 is 0. The van der Waals surface area contributed by atoms with Crippen molar-refractivity contribution in [1.82, 2.24) is 40.0 Å². The number of thiophene rings is 1. The summed E-state index contributed by atoms with van der Waals surface area (Å²) in [6.45, 7) is 3.27. The summed E-state index contributed by atoms with van der Waals surface area (Å²) in [5, 5.41) is 12.6. The molecule has 2 N–H and O–H groups in total. The molecule has 1 saturated heterocycles. The lowest BCUT2D eigenvalue weighted by molar-refractivity contribution is 0.331. The molecule has 35 heavy (non-hydrogen) atoms. The predicted molar refractivity (Wildman–Crippen MR) is 138 cm³/mol. The Morgan fingerprint density at radius 3 is 2.77 bits per heavy atom. The summed E-state index contributed by atoms with van der Waals surface area (Å²) in [5.74, 6) is 0.715. The van der Waals surface area contributed by atoms with E-state index in [2.05, 4.69) is 58.6 Å². The Kier molecular flexibility index (Phi) is 4.88. The van der Waals surface area contributed by atoms with Gasteiger partial charge < -0.3 is 4.98 Å². The minimum absolute atomic E-state index is 0.654. The van der Waals surface area contributed by atoms with Crippen LogP contribution in [0.3, 0.4) is 0 Å². The molecule has 6 aromatic heterocycles. The summed E-state index contributed by atoms with van der Waals surface area (Å²) >= 11 is 1.65. The Labute approximate surface area is 205 Å². The Morgan fingerprint density at radius 2 is 1.89 bits per heavy atom. The number of aromatic nitrogens is 7. The first-order valence-corrected chi connectivity index (χ1v) is 12.6. The van der Waals surface area contributed by atoms with Gasteiger partial charge in [0.15, 0.2) is 11.5 Å². The van der Waals surface area contributed by atoms with Crippen molar-refractivity contribution in [3.63, 3.8) is 0 Å². The summed E-state index contributed by atoms with van der Waals surface area (Å²) in [5.41, 5.74) is 8.46. The van der Waals surface area contributed by atoms with E-state index in [0.717, 1.165) is 64.1 Å². The van der Waals surface area contributed by atoms with Gasteiger partial charge in [-0.2, -0.15) is 16.4 Å². The van der Waals surface area contributed by atoms with E-state index in [1.165, 1.54) is 18.4 Å². The highest BCUT2D eigenvalue weighted by atomic mass is 32.1. The van der Waals surface area contributed by atoms with Crippen LogP contribution in [0.5, 0.6) is 0 Å². The first-order chi connectivity index (χ1) is 17.3. The van der Waals surface area contributed by atoms with Crippen molar-refractivity contribution >= 4 is 33.4 Å². The highest BCUT2D eigenvalue weighted by Gasteiger charge is 2.17. The highest BCUT2D eigenvalue weighted by Crippen LogP contribution is 2.32. The lowest BCUT2D eigenvalue weighted by Crippen LogP contribution is -2.18. The van der Waals surface area contributed by atoms with Gasteiger partial charge in [-0.1, -0.05) is 0 Å². The van der Waals surface area contributed by atoms with Crippen LogP contribution in [0.15, 0.2) is 59.8 Å². The van der Waals surface area contributed by atoms with Crippen LogP contribution in [0.4, 0.5) is 0 Å². The average Bonchev–Trinajstić information content (AvgIpc) is 3.70. The van der Waals surface area contributed by atoms with E-state index in [1.54, 1.807) is 11.3 Å². The van der Waals surface area contributed by atoms with Crippen molar-refractivity contribution < 1.29 is 0 Å². The molecule has 0 spiro atoms. The monoisotopic (exact) mass is 478 g/mol. The molecule has 0 saturated carbocycles. The maximum Gasteiger partial charge on any atom is 0.181 e. The fourth-order valence-corrected chi connectivity index (χ4v) is 5.47. The third-order valence-electron chi connectivity index (χ3n) is 6.58. The Balaban J connectivity index is 1.28. The second kappa shape index (κ2) is 8.37. The molecule has 172 valence electrons. The molecule has 7 heterocycles. The lowest BCUT2D eigenvalue weighted by Gasteiger charge is -2.14. The first-order valence-electron chi connectivity index (χ1n) is 11.7. The number of hydrogen-bond acceptors (Lipinski definition) is 7. The number of imidazole rings is 1. The topological polar surface area (TPSA) is 99.3 Å². The number of nitrogens with zero attached hydrogens (tertiary/aromatic N) is 6. The van der Waals surface area contributed by atoms with Crippen molar-refractivity contribution in [3.8, 4) is 33.9 Å². The fraction of sp³-hybridized carbons (Fsp3) is 0.192. The molecule has 6 aromatic rings. The Hall–Kier alpha value is -3.95. The molecule has 1 aliphatic rings. The molecule has 0 atom stereocenters. The standard InChI is InChI=1S/C26H22N8S/c1-2-7-34(6-1)14-16-9-18(12-27-11-16)19-10-20-23(32-33-25(20)29-13-19)26-30-21-3-5-28-22(24(21)31-26)17-4-8-35-15-17/h3-5,8-13,15H,1-2,6-7,14H2,(H,30,31)(H,29,32,33). The zero-order valence-corrected chi connectivity index (χ0v) is 19.7. The molecule has 0 aromatic carbocycles. The molecule has 9 heteroatoms. The van der Waals surface area contributed by atoms with Crippen LogP contribution < -0.4 is 0 Å². The minimum atomic E-state index is 0.654. The van der Waals surface area contributed by atoms with Gasteiger partial charge in [-0.05, 0) is 61.1 Å². The van der Waals surface area contributed by atoms with Gasteiger partial charge in [0.2, 0.25) is 0 Å². The quantitative estimate of drug-likeness (QED) is 0.350. The van der Waals surface area contributed by atoms with E-state index >= 15 is 0 Å². The van der Waals surface area contributed by atoms with Gasteiger partial charge in [0.25, 0.3) is 0 Å². The number of nitrogens with one attached hydrogen (secondary N) is 2. The molecule has 1 fully saturated rings. The average molecular weight is 479 g/mol. The molecule has 0 unspecified atom stereocenters. The van der Waals surface area contributed by atoms with Crippen LogP contribution in [0.1, 0.15) is 18.4 Å². The zero-order valence-electron chi connectivity index (χ0n) is 18.9. The van der Waals surface area contributed by atoms with Crippen molar-refractivity contribution in [2.45, 2.75) is 19.4 Å². The Morgan fingerprint density at radius 1 is 0.971 bits per heavy atom. The second-order valence-electron chi connectivity index (χ2n) is 8.91. The van der Waals surface area contributed by atoms with Crippen molar-refractivity contribution in [2.24, 2.45) is 0 Å². The summed E-state index contributed by atoms with van der Waals surface area (Å²) in [7, 11) is 0. The largest absolute Gasteiger partial charge is 0.337 e. The number of rotatable bonds is 5. The van der Waals surface area contributed by atoms with E-state index in [1.807, 2.05) is 36.2 Å². The normalized spacial score (nSPS) is 14.4. The van der Waals surface area contributed by atoms with E-state index in [4.69, 9.17) is 4.98 Å². The number of H-pyrrole nitrogens is 2. The maximum atomic E-state index is 4.90. The van der Waals surface area contributed by atoms with Crippen LogP contribution in [0, 0.1) is 0 Å². The summed E-state index contributed by atoms with van der Waals surface area (Å²) in [6.07, 6.45) is 10.1. The van der Waals surface area contributed by atoms with Gasteiger partial charge in [-0.15, -0.1) is 0 Å². The van der Waals surface area contributed by atoms with Crippen LogP contribution in [-0.4, -0.2) is 53.1 Å². The molecule has 0 radical (unpaired) electrons. The number of aromatic amines is 2. The third kappa shape index (κ3) is 3.69. The molecule has 7 rings (SSSR count). The summed E-state index contributed by atoms with van der Waals surface area (Å²) in [6, 6.07) is 8.34. The number of pyridine rings is 3. The molecule has 0 amide bonds. The summed E-state index contributed by atoms with van der Waals surface area (Å²) in [4.78, 5) is 24.5. The van der Waals surface area contributed by atoms with Gasteiger partial charge in [0.1, 0.15) is 11.2 Å². The van der Waals surface area contributed by atoms with Crippen molar-refractivity contribution in [2.75, 3.05) is 13.1 Å². The SMILES string of the molecule is c1cc2[nH]c(-c3[nH]nc4ncc(-c5cncc(CN6CCCC6)c5)cc34)nc2c(-c2ccsc2)n1. The fourth-order valence-electron chi connectivity index (χ4n) is 4.83. The van der Waals surface area contributed by atoms with Gasteiger partial charge in [0, 0.05) is 53.4 Å². The smallest absolute Gasteiger partial charge is 0.181 e. The van der Waals surface area contributed by atoms with E-state index in [9.17, 15) is 0 Å². The van der Waals surface area contributed by atoms with Crippen LogP contribution in [-0.2, 0) is 6.54 Å². The number of hydrogen-bond donors (Lipinski definition) is 2. The zero-order chi connectivity index (χ0) is 23.2. The van der Waals surface area contributed by atoms with Crippen molar-refractivity contribution in [3.05, 3.63) is 65.4 Å². The van der Waals surface area contributed by atoms with E-state index < -0.39 is 0 Å². The molecule has 8 nitrogen and oxygen atoms in total. The number of fused-ring (bicyclic) bond motifs is 2. The molecule has 0 bridgehead atoms. The van der Waals surface area contributed by atoms with E-state index in [-0.39, 0.29) is 0 Å². The van der Waals surface area contributed by atoms with Gasteiger partial charge in [-0.3, -0.25) is 20.0 Å². The van der Waals surface area contributed by atoms with Crippen molar-refractivity contribution in [1.29, 1.82) is 0 Å². The third-order valence-corrected chi connectivity index (χ3v) is 7.26. The Bertz CT molecular complexity index is 1640. The molecular formula is C26H22N8S. The van der Waals surface area contributed by atoms with E-state index in [0.29, 0.717) is 11.5 Å². The number of likely N-dealkylation sites (tertiary alicyclic amines) is 1. The van der Waals surface area contributed by atoms with Crippen LogP contribution in [0.25, 0.3) is 56.0 Å². The first kappa shape index (κ1) is 20.4. The van der Waals surface area contributed by atoms with Crippen LogP contribution >= 0.6 is 11.3 Å². The molecule has 0 aliphatic carbocycles. The maximum absolute atomic E-state index is 4.90. The molecular weight excluding hydrogens is 456 g/mol. The highest BCUT2D eigenvalue weighted by molar-refractivity contribution is 7.08. The van der Waals surface area contributed by atoms with Gasteiger partial charge in [-0.25, -0.2) is 9.97 Å². The van der Waals surface area contributed by atoms with Crippen LogP contribution in [0.2, 0.25) is 0 Å².